The molecule has 2 bridgehead atoms. The van der Waals surface area contributed by atoms with Gasteiger partial charge in [-0.25, -0.2) is 10.2 Å². The fourth-order valence-corrected chi connectivity index (χ4v) is 3.01. The van der Waals surface area contributed by atoms with Crippen LogP contribution in [0.1, 0.15) is 39.5 Å². The first-order valence-corrected chi connectivity index (χ1v) is 5.61. The predicted molar refractivity (Wildman–Crippen MR) is 59.4 cm³/mol. The lowest BCUT2D eigenvalue weighted by atomic mass is 9.69. The Morgan fingerprint density at radius 3 is 2.93 bits per heavy atom. The molecule has 0 heterocycles. The smallest absolute Gasteiger partial charge is 0.332 e. The summed E-state index contributed by atoms with van der Waals surface area (Å²) in [6, 6.07) is -0.569. The van der Waals surface area contributed by atoms with Crippen LogP contribution in [-0.2, 0) is 0 Å². The van der Waals surface area contributed by atoms with E-state index < -0.39 is 6.03 Å². The largest absolute Gasteiger partial charge is 0.350 e. The number of nitrogens with two attached hydrogens (primary N) is 1. The second kappa shape index (κ2) is 3.51. The van der Waals surface area contributed by atoms with Crippen molar-refractivity contribution >= 4 is 11.7 Å². The Morgan fingerprint density at radius 2 is 2.27 bits per heavy atom. The van der Waals surface area contributed by atoms with Gasteiger partial charge in [0.05, 0.1) is 0 Å². The number of nitrogens with zero attached hydrogens (tertiary/aromatic N) is 1. The number of hydrogen-bond acceptors (Lipinski definition) is 2. The summed E-state index contributed by atoms with van der Waals surface area (Å²) in [5.41, 5.74) is 8.84. The van der Waals surface area contributed by atoms with Gasteiger partial charge in [-0.3, -0.25) is 0 Å². The van der Waals surface area contributed by atoms with Crippen LogP contribution in [0.25, 0.3) is 0 Å². The normalized spacial score (nSPS) is 35.5. The van der Waals surface area contributed by atoms with E-state index in [0.29, 0.717) is 11.3 Å². The minimum Gasteiger partial charge on any atom is -0.350 e. The van der Waals surface area contributed by atoms with Gasteiger partial charge in [-0.05, 0) is 42.9 Å². The first-order chi connectivity index (χ1) is 6.99. The van der Waals surface area contributed by atoms with Crippen LogP contribution in [0.5, 0.6) is 0 Å². The summed E-state index contributed by atoms with van der Waals surface area (Å²) < 4.78 is 0. The van der Waals surface area contributed by atoms with Crippen molar-refractivity contribution in [2.45, 2.75) is 39.5 Å². The molecule has 2 saturated carbocycles. The molecule has 2 aliphatic carbocycles. The first-order valence-electron chi connectivity index (χ1n) is 5.61. The van der Waals surface area contributed by atoms with E-state index in [0.717, 1.165) is 18.1 Å². The summed E-state index contributed by atoms with van der Waals surface area (Å²) in [6.45, 7) is 4.58. The van der Waals surface area contributed by atoms with Crippen molar-refractivity contribution in [2.24, 2.45) is 28.1 Å². The third-order valence-electron chi connectivity index (χ3n) is 3.96. The molecule has 2 amide bonds. The van der Waals surface area contributed by atoms with Crippen molar-refractivity contribution in [3.8, 4) is 0 Å². The summed E-state index contributed by atoms with van der Waals surface area (Å²) in [4.78, 5) is 10.6. The van der Waals surface area contributed by atoms with Gasteiger partial charge >= 0.3 is 6.03 Å². The van der Waals surface area contributed by atoms with Crippen molar-refractivity contribution in [3.63, 3.8) is 0 Å². The highest BCUT2D eigenvalue weighted by Crippen LogP contribution is 2.50. The lowest BCUT2D eigenvalue weighted by Crippen LogP contribution is -2.35. The monoisotopic (exact) mass is 209 g/mol. The van der Waals surface area contributed by atoms with Gasteiger partial charge in [0.2, 0.25) is 0 Å². The maximum atomic E-state index is 10.6. The zero-order valence-corrected chi connectivity index (χ0v) is 9.42. The molecular formula is C11H19N3O. The number of rotatable bonds is 1. The molecule has 2 rings (SSSR count). The standard InChI is InChI=1S/C11H19N3O/c1-11(2)6-9(13-14-10(12)15)7-3-4-8(11)5-7/h7-8H,3-6H2,1-2H3,(H3,12,14,15)/b13-9+. The Morgan fingerprint density at radius 1 is 1.53 bits per heavy atom. The van der Waals surface area contributed by atoms with Gasteiger partial charge in [0.1, 0.15) is 0 Å². The maximum absolute atomic E-state index is 10.6. The van der Waals surface area contributed by atoms with Gasteiger partial charge in [0.25, 0.3) is 0 Å². The Kier molecular flexibility index (Phi) is 2.44. The number of nitrogens with one attached hydrogen (secondary N) is 1. The average molecular weight is 209 g/mol. The number of primary amides is 1. The van der Waals surface area contributed by atoms with E-state index in [1.807, 2.05) is 0 Å². The highest BCUT2D eigenvalue weighted by Gasteiger charge is 2.44. The molecule has 2 aliphatic rings. The van der Waals surface area contributed by atoms with Crippen LogP contribution in [0.2, 0.25) is 0 Å². The molecule has 15 heavy (non-hydrogen) atoms. The van der Waals surface area contributed by atoms with Crippen LogP contribution in [-0.4, -0.2) is 11.7 Å². The third kappa shape index (κ3) is 1.98. The average Bonchev–Trinajstić information content (AvgIpc) is 2.56. The zero-order chi connectivity index (χ0) is 11.1. The molecule has 4 nitrogen and oxygen atoms in total. The summed E-state index contributed by atoms with van der Waals surface area (Å²) >= 11 is 0. The molecule has 2 atom stereocenters. The van der Waals surface area contributed by atoms with Gasteiger partial charge in [0.15, 0.2) is 0 Å². The highest BCUT2D eigenvalue weighted by atomic mass is 16.2. The molecule has 3 N–H and O–H groups in total. The molecule has 2 fully saturated rings. The number of fused-ring (bicyclic) bond motifs is 2. The first kappa shape index (κ1) is 10.5. The molecular weight excluding hydrogens is 190 g/mol. The maximum Gasteiger partial charge on any atom is 0.332 e. The molecule has 4 heteroatoms. The van der Waals surface area contributed by atoms with Crippen LogP contribution in [0.3, 0.4) is 0 Å². The predicted octanol–water partition coefficient (Wildman–Crippen LogP) is 1.86. The van der Waals surface area contributed by atoms with E-state index in [-0.39, 0.29) is 0 Å². The van der Waals surface area contributed by atoms with Crippen LogP contribution in [0.15, 0.2) is 5.10 Å². The van der Waals surface area contributed by atoms with Crippen molar-refractivity contribution in [3.05, 3.63) is 0 Å². The molecule has 0 aromatic carbocycles. The number of amides is 2. The fraction of sp³-hybridized carbons (Fsp3) is 0.818. The van der Waals surface area contributed by atoms with Crippen LogP contribution in [0.4, 0.5) is 4.79 Å². The van der Waals surface area contributed by atoms with Crippen molar-refractivity contribution in [2.75, 3.05) is 0 Å². The Labute approximate surface area is 90.3 Å². The third-order valence-corrected chi connectivity index (χ3v) is 3.96. The van der Waals surface area contributed by atoms with Crippen LogP contribution < -0.4 is 11.2 Å². The molecule has 0 saturated heterocycles. The number of hydrogen-bond donors (Lipinski definition) is 2. The number of urea groups is 1. The van der Waals surface area contributed by atoms with Gasteiger partial charge in [0, 0.05) is 5.71 Å². The second-order valence-corrected chi connectivity index (χ2v) is 5.45. The number of carbonyl (C=O) groups excluding carboxylic acids is 1. The van der Waals surface area contributed by atoms with E-state index >= 15 is 0 Å². The Hall–Kier alpha value is -1.06. The van der Waals surface area contributed by atoms with Crippen molar-refractivity contribution in [1.29, 1.82) is 0 Å². The number of carbonyl (C=O) groups is 1. The molecule has 0 aliphatic heterocycles. The van der Waals surface area contributed by atoms with Gasteiger partial charge < -0.3 is 5.73 Å². The minimum absolute atomic E-state index is 0.325. The van der Waals surface area contributed by atoms with E-state index in [4.69, 9.17) is 5.73 Å². The summed E-state index contributed by atoms with van der Waals surface area (Å²) in [5.74, 6) is 1.41. The lowest BCUT2D eigenvalue weighted by molar-refractivity contribution is 0.208. The van der Waals surface area contributed by atoms with Gasteiger partial charge in [-0.2, -0.15) is 5.10 Å². The van der Waals surface area contributed by atoms with Crippen molar-refractivity contribution < 1.29 is 4.79 Å². The topological polar surface area (TPSA) is 67.5 Å². The zero-order valence-electron chi connectivity index (χ0n) is 9.42. The fourth-order valence-electron chi connectivity index (χ4n) is 3.01. The second-order valence-electron chi connectivity index (χ2n) is 5.45. The van der Waals surface area contributed by atoms with Crippen LogP contribution >= 0.6 is 0 Å². The Bertz CT molecular complexity index is 309. The van der Waals surface area contributed by atoms with Gasteiger partial charge in [-0.15, -0.1) is 0 Å². The Balaban J connectivity index is 2.13. The van der Waals surface area contributed by atoms with E-state index in [1.165, 1.54) is 19.3 Å². The van der Waals surface area contributed by atoms with E-state index in [2.05, 4.69) is 24.4 Å². The molecule has 0 radical (unpaired) electrons. The summed E-state index contributed by atoms with van der Waals surface area (Å²) in [7, 11) is 0. The van der Waals surface area contributed by atoms with Crippen LogP contribution in [0, 0.1) is 17.3 Å². The summed E-state index contributed by atoms with van der Waals surface area (Å²) in [5, 5.41) is 4.15. The SMILES string of the molecule is CC1(C)C/C(=N\NC(N)=O)C2CCC1C2. The number of hydrazone groups is 1. The molecule has 2 unspecified atom stereocenters. The van der Waals surface area contributed by atoms with Gasteiger partial charge in [-0.1, -0.05) is 13.8 Å². The van der Waals surface area contributed by atoms with E-state index in [9.17, 15) is 4.79 Å². The molecule has 84 valence electrons. The van der Waals surface area contributed by atoms with E-state index in [1.54, 1.807) is 0 Å². The quantitative estimate of drug-likeness (QED) is 0.636. The molecule has 0 aromatic heterocycles. The minimum atomic E-state index is -0.569. The molecule has 0 aromatic rings. The lowest BCUT2D eigenvalue weighted by Gasteiger charge is -2.36. The van der Waals surface area contributed by atoms with Crippen molar-refractivity contribution in [1.82, 2.24) is 5.43 Å². The highest BCUT2D eigenvalue weighted by molar-refractivity contribution is 5.89. The molecule has 0 spiro atoms. The summed E-state index contributed by atoms with van der Waals surface area (Å²) in [6.07, 6.45) is 4.73.